The smallest absolute Gasteiger partial charge is 0.269 e. The number of hydrogen-bond donors (Lipinski definition) is 0. The van der Waals surface area contributed by atoms with E-state index in [1.165, 1.54) is 18.2 Å². The molecule has 0 bridgehead atoms. The third kappa shape index (κ3) is 5.17. The highest BCUT2D eigenvalue weighted by Gasteiger charge is 2.07. The van der Waals surface area contributed by atoms with Crippen LogP contribution in [-0.2, 0) is 11.3 Å². The zero-order chi connectivity index (χ0) is 18.4. The molecule has 2 rings (SSSR count). The third-order valence-electron chi connectivity index (χ3n) is 3.77. The highest BCUT2D eigenvalue weighted by atomic mass is 16.6. The van der Waals surface area contributed by atoms with E-state index in [4.69, 9.17) is 0 Å². The van der Waals surface area contributed by atoms with Crippen LogP contribution in [0.2, 0.25) is 0 Å². The van der Waals surface area contributed by atoms with E-state index in [2.05, 4.69) is 0 Å². The number of nitro benzene ring substituents is 1. The highest BCUT2D eigenvalue weighted by molar-refractivity contribution is 5.91. The number of anilines is 1. The van der Waals surface area contributed by atoms with Crippen LogP contribution in [0.3, 0.4) is 0 Å². The van der Waals surface area contributed by atoms with Crippen LogP contribution >= 0.6 is 0 Å². The van der Waals surface area contributed by atoms with Crippen molar-refractivity contribution < 1.29 is 9.72 Å². The van der Waals surface area contributed by atoms with E-state index in [1.807, 2.05) is 43.3 Å². The van der Waals surface area contributed by atoms with Gasteiger partial charge in [0.25, 0.3) is 5.69 Å². The average molecular weight is 339 g/mol. The van der Waals surface area contributed by atoms with Crippen LogP contribution in [0.15, 0.2) is 54.6 Å². The molecule has 0 aliphatic heterocycles. The standard InChI is InChI=1S/C19H21N3O3/c1-20(2)17-9-6-16(7-10-17)14-21(3)19(23)13-8-15-4-11-18(12-5-15)22(24)25/h4-13H,14H2,1-3H3/b13-8+. The Kier molecular flexibility index (Phi) is 5.89. The minimum atomic E-state index is -0.450. The number of benzene rings is 2. The summed E-state index contributed by atoms with van der Waals surface area (Å²) in [6.07, 6.45) is 3.12. The molecule has 6 heteroatoms. The fourth-order valence-electron chi connectivity index (χ4n) is 2.25. The maximum absolute atomic E-state index is 12.2. The van der Waals surface area contributed by atoms with Crippen LogP contribution in [0.25, 0.3) is 6.08 Å². The van der Waals surface area contributed by atoms with E-state index in [0.29, 0.717) is 6.54 Å². The zero-order valence-corrected chi connectivity index (χ0v) is 14.5. The second kappa shape index (κ2) is 8.10. The summed E-state index contributed by atoms with van der Waals surface area (Å²) in [5.41, 5.74) is 2.92. The fourth-order valence-corrected chi connectivity index (χ4v) is 2.25. The SMILES string of the molecule is CN(Cc1ccc(N(C)C)cc1)C(=O)/C=C/c1ccc([N+](=O)[O-])cc1. The highest BCUT2D eigenvalue weighted by Crippen LogP contribution is 2.15. The van der Waals surface area contributed by atoms with Gasteiger partial charge in [0, 0.05) is 51.6 Å². The van der Waals surface area contributed by atoms with Gasteiger partial charge in [-0.05, 0) is 41.5 Å². The lowest BCUT2D eigenvalue weighted by Crippen LogP contribution is -2.24. The fraction of sp³-hybridized carbons (Fsp3) is 0.211. The van der Waals surface area contributed by atoms with Crippen LogP contribution in [0.1, 0.15) is 11.1 Å². The molecule has 2 aromatic carbocycles. The first kappa shape index (κ1) is 18.2. The lowest BCUT2D eigenvalue weighted by Gasteiger charge is -2.17. The first-order valence-corrected chi connectivity index (χ1v) is 7.80. The summed E-state index contributed by atoms with van der Waals surface area (Å²) in [5.74, 6) is -0.130. The van der Waals surface area contributed by atoms with Crippen LogP contribution in [-0.4, -0.2) is 36.9 Å². The molecule has 0 heterocycles. The molecule has 0 spiro atoms. The normalized spacial score (nSPS) is 10.7. The van der Waals surface area contributed by atoms with Crippen LogP contribution in [0.5, 0.6) is 0 Å². The van der Waals surface area contributed by atoms with E-state index in [9.17, 15) is 14.9 Å². The Labute approximate surface area is 147 Å². The van der Waals surface area contributed by atoms with Gasteiger partial charge >= 0.3 is 0 Å². The van der Waals surface area contributed by atoms with Gasteiger partial charge in [0.1, 0.15) is 0 Å². The van der Waals surface area contributed by atoms with Gasteiger partial charge < -0.3 is 9.80 Å². The van der Waals surface area contributed by atoms with Crippen LogP contribution in [0, 0.1) is 10.1 Å². The van der Waals surface area contributed by atoms with Crippen molar-refractivity contribution in [1.82, 2.24) is 4.90 Å². The predicted octanol–water partition coefficient (Wildman–Crippen LogP) is 3.33. The van der Waals surface area contributed by atoms with Crippen molar-refractivity contribution in [2.24, 2.45) is 0 Å². The molecule has 130 valence electrons. The zero-order valence-electron chi connectivity index (χ0n) is 14.5. The molecule has 25 heavy (non-hydrogen) atoms. The van der Waals surface area contributed by atoms with Crippen molar-refractivity contribution in [2.45, 2.75) is 6.54 Å². The molecule has 0 saturated carbocycles. The maximum Gasteiger partial charge on any atom is 0.269 e. The van der Waals surface area contributed by atoms with Gasteiger partial charge in [-0.25, -0.2) is 0 Å². The Bertz CT molecular complexity index is 766. The van der Waals surface area contributed by atoms with Crippen molar-refractivity contribution in [3.63, 3.8) is 0 Å². The van der Waals surface area contributed by atoms with Gasteiger partial charge in [0.05, 0.1) is 4.92 Å². The second-order valence-corrected chi connectivity index (χ2v) is 5.94. The molecular formula is C19H21N3O3. The van der Waals surface area contributed by atoms with Crippen LogP contribution in [0.4, 0.5) is 11.4 Å². The molecule has 0 N–H and O–H groups in total. The summed E-state index contributed by atoms with van der Waals surface area (Å²) in [6.45, 7) is 0.511. The first-order chi connectivity index (χ1) is 11.9. The molecule has 0 atom stereocenters. The van der Waals surface area contributed by atoms with Gasteiger partial charge in [-0.3, -0.25) is 14.9 Å². The van der Waals surface area contributed by atoms with Crippen molar-refractivity contribution in [1.29, 1.82) is 0 Å². The lowest BCUT2D eigenvalue weighted by molar-refractivity contribution is -0.384. The van der Waals surface area contributed by atoms with Crippen molar-refractivity contribution in [3.05, 3.63) is 75.8 Å². The molecule has 0 aliphatic rings. The van der Waals surface area contributed by atoms with E-state index >= 15 is 0 Å². The van der Waals surface area contributed by atoms with E-state index in [-0.39, 0.29) is 11.6 Å². The molecule has 0 unspecified atom stereocenters. The molecule has 0 saturated heterocycles. The number of rotatable bonds is 6. The van der Waals surface area contributed by atoms with E-state index < -0.39 is 4.92 Å². The molecule has 1 amide bonds. The minimum Gasteiger partial charge on any atom is -0.378 e. The number of nitrogens with zero attached hydrogens (tertiary/aromatic N) is 3. The first-order valence-electron chi connectivity index (χ1n) is 7.80. The van der Waals surface area contributed by atoms with Crippen molar-refractivity contribution in [3.8, 4) is 0 Å². The van der Waals surface area contributed by atoms with Gasteiger partial charge in [0.2, 0.25) is 5.91 Å². The quantitative estimate of drug-likeness (QED) is 0.460. The number of hydrogen-bond acceptors (Lipinski definition) is 4. The molecule has 0 aromatic heterocycles. The summed E-state index contributed by atoms with van der Waals surface area (Å²) >= 11 is 0. The number of carbonyl (C=O) groups excluding carboxylic acids is 1. The van der Waals surface area contributed by atoms with Crippen molar-refractivity contribution in [2.75, 3.05) is 26.0 Å². The van der Waals surface area contributed by atoms with E-state index in [1.54, 1.807) is 30.2 Å². The van der Waals surface area contributed by atoms with Gasteiger partial charge in [-0.1, -0.05) is 12.1 Å². The average Bonchev–Trinajstić information content (AvgIpc) is 2.60. The summed E-state index contributed by atoms with van der Waals surface area (Å²) in [4.78, 5) is 26.0. The summed E-state index contributed by atoms with van der Waals surface area (Å²) < 4.78 is 0. The third-order valence-corrected chi connectivity index (χ3v) is 3.77. The van der Waals surface area contributed by atoms with E-state index in [0.717, 1.165) is 16.8 Å². The summed E-state index contributed by atoms with van der Waals surface area (Å²) in [7, 11) is 5.70. The Morgan fingerprint density at radius 3 is 2.16 bits per heavy atom. The topological polar surface area (TPSA) is 66.7 Å². The largest absolute Gasteiger partial charge is 0.378 e. The molecule has 6 nitrogen and oxygen atoms in total. The number of carbonyl (C=O) groups is 1. The molecule has 0 radical (unpaired) electrons. The number of likely N-dealkylation sites (N-methyl/N-ethyl adjacent to an activating group) is 1. The van der Waals surface area contributed by atoms with Gasteiger partial charge in [0.15, 0.2) is 0 Å². The molecule has 0 fully saturated rings. The predicted molar refractivity (Wildman–Crippen MR) is 99.4 cm³/mol. The lowest BCUT2D eigenvalue weighted by atomic mass is 10.1. The monoisotopic (exact) mass is 339 g/mol. The number of amides is 1. The number of nitro groups is 1. The Morgan fingerprint density at radius 1 is 1.04 bits per heavy atom. The molecule has 2 aromatic rings. The minimum absolute atomic E-state index is 0.0294. The van der Waals surface area contributed by atoms with Crippen molar-refractivity contribution >= 4 is 23.4 Å². The Hall–Kier alpha value is -3.15. The van der Waals surface area contributed by atoms with Gasteiger partial charge in [-0.15, -0.1) is 0 Å². The molecular weight excluding hydrogens is 318 g/mol. The summed E-state index contributed by atoms with van der Waals surface area (Å²) in [6, 6.07) is 14.1. The Balaban J connectivity index is 1.96. The number of non-ortho nitro benzene ring substituents is 1. The van der Waals surface area contributed by atoms with Gasteiger partial charge in [-0.2, -0.15) is 0 Å². The maximum atomic E-state index is 12.2. The second-order valence-electron chi connectivity index (χ2n) is 5.94. The van der Waals surface area contributed by atoms with Crippen LogP contribution < -0.4 is 4.90 Å². The molecule has 0 aliphatic carbocycles. The summed E-state index contributed by atoms with van der Waals surface area (Å²) in [5, 5.41) is 10.6. The Morgan fingerprint density at radius 2 is 1.64 bits per heavy atom.